The monoisotopic (exact) mass is 593 g/mol. The number of nitrogens with zero attached hydrogens (tertiary/aromatic N) is 3. The van der Waals surface area contributed by atoms with Crippen LogP contribution in [-0.4, -0.2) is 33.6 Å². The second kappa shape index (κ2) is 12.0. The van der Waals surface area contributed by atoms with E-state index in [2.05, 4.69) is 16.8 Å². The summed E-state index contributed by atoms with van der Waals surface area (Å²) in [5.74, 6) is -1.60. The summed E-state index contributed by atoms with van der Waals surface area (Å²) in [6, 6.07) is 18.3. The lowest BCUT2D eigenvalue weighted by atomic mass is 9.95. The second-order valence-electron chi connectivity index (χ2n) is 8.61. The topological polar surface area (TPSA) is 92.6 Å². The molecule has 5 rings (SSSR count). The zero-order valence-corrected chi connectivity index (χ0v) is 23.2. The third kappa shape index (κ3) is 5.79. The van der Waals surface area contributed by atoms with E-state index in [1.807, 2.05) is 12.1 Å². The molecule has 1 fully saturated rings. The van der Waals surface area contributed by atoms with E-state index in [1.165, 1.54) is 40.9 Å². The number of hydrogen-bond donors (Lipinski definition) is 1. The van der Waals surface area contributed by atoms with Crippen LogP contribution in [-0.2, 0) is 15.3 Å². The number of thioether (sulfide) groups is 1. The van der Waals surface area contributed by atoms with Gasteiger partial charge in [-0.2, -0.15) is 0 Å². The Hall–Kier alpha value is -3.99. The molecule has 1 aliphatic heterocycles. The number of aliphatic hydroxyl groups excluding tert-OH is 1. The number of ketones is 1. The summed E-state index contributed by atoms with van der Waals surface area (Å²) in [7, 11) is 0. The molecule has 1 aromatic heterocycles. The van der Waals surface area contributed by atoms with Crippen molar-refractivity contribution in [2.45, 2.75) is 16.1 Å². The van der Waals surface area contributed by atoms with E-state index < -0.39 is 29.3 Å². The second-order valence-corrected chi connectivity index (χ2v) is 11.2. The molecule has 2 heterocycles. The van der Waals surface area contributed by atoms with E-state index in [0.717, 1.165) is 16.9 Å². The number of Topliss-reactive ketones (excluding diaryl/α,β-unsaturated/α-hetero) is 1. The number of aromatic nitrogens is 2. The first-order valence-electron chi connectivity index (χ1n) is 12.0. The normalized spacial score (nSPS) is 16.4. The van der Waals surface area contributed by atoms with Crippen molar-refractivity contribution >= 4 is 57.3 Å². The van der Waals surface area contributed by atoms with E-state index in [0.29, 0.717) is 26.4 Å². The predicted octanol–water partition coefficient (Wildman–Crippen LogP) is 6.81. The smallest absolute Gasteiger partial charge is 0.301 e. The average molecular weight is 594 g/mol. The number of aliphatic hydroxyl groups is 1. The van der Waals surface area contributed by atoms with E-state index in [4.69, 9.17) is 16.3 Å². The lowest BCUT2D eigenvalue weighted by molar-refractivity contribution is -0.132. The molecule has 1 amide bonds. The third-order valence-corrected chi connectivity index (χ3v) is 8.36. The van der Waals surface area contributed by atoms with Crippen LogP contribution in [0.2, 0.25) is 5.02 Å². The van der Waals surface area contributed by atoms with Gasteiger partial charge in [-0.3, -0.25) is 14.5 Å². The van der Waals surface area contributed by atoms with Crippen molar-refractivity contribution in [1.29, 1.82) is 0 Å². The number of benzene rings is 3. The first-order valence-corrected chi connectivity index (χ1v) is 14.1. The van der Waals surface area contributed by atoms with Gasteiger partial charge < -0.3 is 9.84 Å². The third-order valence-electron chi connectivity index (χ3n) is 5.98. The largest absolute Gasteiger partial charge is 0.507 e. The van der Waals surface area contributed by atoms with Gasteiger partial charge in [-0.15, -0.1) is 10.2 Å². The van der Waals surface area contributed by atoms with Crippen molar-refractivity contribution < 1.29 is 23.8 Å². The van der Waals surface area contributed by atoms with Gasteiger partial charge in [0.2, 0.25) is 5.13 Å². The fraction of sp³-hybridized carbons (Fsp3) is 0.103. The van der Waals surface area contributed by atoms with Crippen molar-refractivity contribution in [2.75, 3.05) is 11.5 Å². The van der Waals surface area contributed by atoms with Gasteiger partial charge in [-0.05, 0) is 59.7 Å². The van der Waals surface area contributed by atoms with Crippen molar-refractivity contribution in [3.63, 3.8) is 0 Å². The summed E-state index contributed by atoms with van der Waals surface area (Å²) < 4.78 is 19.8. The van der Waals surface area contributed by atoms with Gasteiger partial charge in [0.15, 0.2) is 4.34 Å². The van der Waals surface area contributed by atoms with Gasteiger partial charge in [0.25, 0.3) is 5.78 Å². The Bertz CT molecular complexity index is 1610. The number of ether oxygens (including phenoxy) is 1. The molecule has 0 saturated carbocycles. The van der Waals surface area contributed by atoms with Gasteiger partial charge in [0.05, 0.1) is 11.6 Å². The molecule has 4 aromatic rings. The van der Waals surface area contributed by atoms with Crippen LogP contribution in [0.4, 0.5) is 9.52 Å². The average Bonchev–Trinajstić information content (AvgIpc) is 3.53. The molecule has 0 aliphatic carbocycles. The lowest BCUT2D eigenvalue weighted by Crippen LogP contribution is -2.29. The maximum atomic E-state index is 13.6. The van der Waals surface area contributed by atoms with E-state index in [-0.39, 0.29) is 22.9 Å². The molecule has 7 nitrogen and oxygen atoms in total. The highest BCUT2D eigenvalue weighted by Gasteiger charge is 2.48. The number of rotatable bonds is 9. The summed E-state index contributed by atoms with van der Waals surface area (Å²) >= 11 is 8.55. The number of anilines is 1. The Morgan fingerprint density at radius 1 is 1.12 bits per heavy atom. The maximum Gasteiger partial charge on any atom is 0.301 e. The minimum atomic E-state index is -1.03. The fourth-order valence-electron chi connectivity index (χ4n) is 4.12. The summed E-state index contributed by atoms with van der Waals surface area (Å²) in [5, 5.41) is 20.5. The van der Waals surface area contributed by atoms with Gasteiger partial charge >= 0.3 is 5.91 Å². The van der Waals surface area contributed by atoms with Crippen molar-refractivity contribution in [1.82, 2.24) is 10.2 Å². The zero-order valence-electron chi connectivity index (χ0n) is 20.8. The number of amides is 1. The highest BCUT2D eigenvalue weighted by Crippen LogP contribution is 2.44. The molecule has 3 aromatic carbocycles. The van der Waals surface area contributed by atoms with Crippen LogP contribution in [0.1, 0.15) is 22.7 Å². The van der Waals surface area contributed by atoms with Crippen LogP contribution in [0.5, 0.6) is 5.75 Å². The molecule has 11 heteroatoms. The van der Waals surface area contributed by atoms with Crippen molar-refractivity contribution in [3.8, 4) is 5.75 Å². The molecule has 1 unspecified atom stereocenters. The SMILES string of the molecule is C=CCOc1cccc(C2C(=C(O)c3ccc(F)cc3)C(=O)C(=O)N2c2nnc(SCc3ccc(Cl)cc3)s2)c1. The number of hydrogen-bond acceptors (Lipinski definition) is 8. The van der Waals surface area contributed by atoms with Crippen molar-refractivity contribution in [2.24, 2.45) is 0 Å². The first kappa shape index (κ1) is 27.6. The number of carbonyl (C=O) groups excluding carboxylic acids is 2. The Labute approximate surface area is 242 Å². The molecule has 202 valence electrons. The van der Waals surface area contributed by atoms with Gasteiger partial charge in [-0.25, -0.2) is 4.39 Å². The summed E-state index contributed by atoms with van der Waals surface area (Å²) in [6.07, 6.45) is 1.60. The molecular weight excluding hydrogens is 573 g/mol. The summed E-state index contributed by atoms with van der Waals surface area (Å²) in [6.45, 7) is 3.91. The van der Waals surface area contributed by atoms with Crippen LogP contribution in [0.3, 0.4) is 0 Å². The lowest BCUT2D eigenvalue weighted by Gasteiger charge is -2.23. The predicted molar refractivity (Wildman–Crippen MR) is 154 cm³/mol. The van der Waals surface area contributed by atoms with Gasteiger partial charge in [0.1, 0.15) is 23.9 Å². The number of carbonyl (C=O) groups is 2. The summed E-state index contributed by atoms with van der Waals surface area (Å²) in [5.41, 5.74) is 1.58. The quantitative estimate of drug-likeness (QED) is 0.0569. The van der Waals surface area contributed by atoms with Crippen LogP contribution in [0.25, 0.3) is 5.76 Å². The molecule has 1 atom stereocenters. The van der Waals surface area contributed by atoms with Crippen LogP contribution in [0.15, 0.2) is 95.4 Å². The Kier molecular flexibility index (Phi) is 8.29. The minimum Gasteiger partial charge on any atom is -0.507 e. The molecule has 0 radical (unpaired) electrons. The standard InChI is InChI=1S/C29H21ClFN3O4S2/c1-2-14-38-22-5-3-4-19(15-22)24-23(25(35)18-8-12-21(31)13-9-18)26(36)27(37)34(24)28-32-33-29(40-28)39-16-17-6-10-20(30)11-7-17/h2-13,15,24,35H,1,14,16H2. The highest BCUT2D eigenvalue weighted by molar-refractivity contribution is 8.00. The van der Waals surface area contributed by atoms with E-state index >= 15 is 0 Å². The number of halogens is 2. The fourth-order valence-corrected chi connectivity index (χ4v) is 6.07. The molecule has 1 saturated heterocycles. The highest BCUT2D eigenvalue weighted by atomic mass is 35.5. The Balaban J connectivity index is 1.54. The van der Waals surface area contributed by atoms with Crippen LogP contribution in [0, 0.1) is 5.82 Å². The minimum absolute atomic E-state index is 0.150. The van der Waals surface area contributed by atoms with Crippen LogP contribution >= 0.6 is 34.7 Å². The summed E-state index contributed by atoms with van der Waals surface area (Å²) in [4.78, 5) is 28.0. The van der Waals surface area contributed by atoms with E-state index in [1.54, 1.807) is 42.5 Å². The zero-order chi connectivity index (χ0) is 28.2. The molecule has 0 spiro atoms. The molecule has 1 N–H and O–H groups in total. The van der Waals surface area contributed by atoms with Gasteiger partial charge in [0, 0.05) is 16.3 Å². The van der Waals surface area contributed by atoms with Gasteiger partial charge in [-0.1, -0.05) is 71.6 Å². The molecule has 1 aliphatic rings. The Morgan fingerprint density at radius 3 is 2.60 bits per heavy atom. The van der Waals surface area contributed by atoms with E-state index in [9.17, 15) is 19.1 Å². The maximum absolute atomic E-state index is 13.6. The van der Waals surface area contributed by atoms with Crippen molar-refractivity contribution in [3.05, 3.63) is 119 Å². The molecular formula is C29H21ClFN3O4S2. The molecule has 0 bridgehead atoms. The Morgan fingerprint density at radius 2 is 1.88 bits per heavy atom. The first-order chi connectivity index (χ1) is 19.4. The van der Waals surface area contributed by atoms with Crippen LogP contribution < -0.4 is 9.64 Å². The molecule has 40 heavy (non-hydrogen) atoms.